The predicted octanol–water partition coefficient (Wildman–Crippen LogP) is 4.49. The van der Waals surface area contributed by atoms with Crippen molar-refractivity contribution in [2.24, 2.45) is 0 Å². The number of hydrogen-bond donors (Lipinski definition) is 1. The number of nitrogens with one attached hydrogen (secondary N) is 1. The maximum Gasteiger partial charge on any atom is 0.413 e. The van der Waals surface area contributed by atoms with Gasteiger partial charge >= 0.3 is 6.09 Å². The van der Waals surface area contributed by atoms with Gasteiger partial charge in [-0.3, -0.25) is 10.3 Å². The largest absolute Gasteiger partial charge is 0.480 e. The van der Waals surface area contributed by atoms with Crippen LogP contribution in [0.2, 0.25) is 0 Å². The van der Waals surface area contributed by atoms with E-state index < -0.39 is 11.7 Å². The Hall–Kier alpha value is -3.48. The van der Waals surface area contributed by atoms with E-state index in [4.69, 9.17) is 14.5 Å². The van der Waals surface area contributed by atoms with E-state index in [0.29, 0.717) is 29.4 Å². The highest BCUT2D eigenvalue weighted by Gasteiger charge is 2.22. The number of aromatic nitrogens is 3. The van der Waals surface area contributed by atoms with Gasteiger partial charge < -0.3 is 9.47 Å². The molecule has 0 radical (unpaired) electrons. The second kappa shape index (κ2) is 8.68. The van der Waals surface area contributed by atoms with Gasteiger partial charge in [0.15, 0.2) is 5.82 Å². The van der Waals surface area contributed by atoms with Crippen LogP contribution in [0.15, 0.2) is 54.7 Å². The molecule has 150 valence electrons. The number of benzene rings is 1. The van der Waals surface area contributed by atoms with Gasteiger partial charge in [-0.2, -0.15) is 4.98 Å². The lowest BCUT2D eigenvalue weighted by Gasteiger charge is -2.20. The molecule has 0 saturated carbocycles. The normalized spacial score (nSPS) is 11.0. The van der Waals surface area contributed by atoms with E-state index in [1.165, 1.54) is 7.11 Å². The maximum absolute atomic E-state index is 12.3. The van der Waals surface area contributed by atoms with Gasteiger partial charge in [-0.25, -0.2) is 9.78 Å². The van der Waals surface area contributed by atoms with Crippen molar-refractivity contribution in [1.82, 2.24) is 15.0 Å². The third-order valence-corrected chi connectivity index (χ3v) is 3.87. The van der Waals surface area contributed by atoms with E-state index in [2.05, 4.69) is 15.3 Å². The van der Waals surface area contributed by atoms with Gasteiger partial charge in [0.05, 0.1) is 12.8 Å². The van der Waals surface area contributed by atoms with Gasteiger partial charge in [0.1, 0.15) is 17.0 Å². The van der Waals surface area contributed by atoms with Crippen molar-refractivity contribution < 1.29 is 14.3 Å². The molecule has 0 fully saturated rings. The summed E-state index contributed by atoms with van der Waals surface area (Å²) in [6.45, 7) is 5.38. The Labute approximate surface area is 170 Å². The summed E-state index contributed by atoms with van der Waals surface area (Å²) in [6, 6.07) is 15.4. The van der Waals surface area contributed by atoms with Crippen LogP contribution in [0, 0.1) is 0 Å². The van der Waals surface area contributed by atoms with E-state index in [-0.39, 0.29) is 5.82 Å². The minimum atomic E-state index is -0.639. The number of pyridine rings is 1. The van der Waals surface area contributed by atoms with Gasteiger partial charge in [-0.15, -0.1) is 0 Å². The van der Waals surface area contributed by atoms with Crippen molar-refractivity contribution in [3.05, 3.63) is 66.0 Å². The molecule has 2 heterocycles. The van der Waals surface area contributed by atoms with E-state index in [9.17, 15) is 4.79 Å². The molecule has 1 amide bonds. The summed E-state index contributed by atoms with van der Waals surface area (Å²) in [4.78, 5) is 25.9. The number of carbonyl (C=O) groups is 1. The standard InChI is InChI=1S/C22H24N4O3/c1-22(2,3)29-21(27)26-19-18(16-12-8-9-13-23-16)24-17(20(25-19)28-4)14-15-10-6-5-7-11-15/h5-13H,14H2,1-4H3,(H,25,26,27). The number of hydrogen-bond acceptors (Lipinski definition) is 6. The van der Waals surface area contributed by atoms with Crippen molar-refractivity contribution >= 4 is 11.9 Å². The number of ether oxygens (including phenoxy) is 2. The number of amides is 1. The average molecular weight is 392 g/mol. The topological polar surface area (TPSA) is 86.2 Å². The first-order valence-electron chi connectivity index (χ1n) is 9.26. The van der Waals surface area contributed by atoms with Crippen LogP contribution in [0.25, 0.3) is 11.4 Å². The Morgan fingerprint density at radius 2 is 1.76 bits per heavy atom. The molecule has 0 atom stereocenters. The number of rotatable bonds is 5. The molecule has 3 rings (SSSR count). The average Bonchev–Trinajstić information content (AvgIpc) is 2.68. The summed E-state index contributed by atoms with van der Waals surface area (Å²) in [5.74, 6) is 0.561. The molecule has 7 nitrogen and oxygen atoms in total. The number of anilines is 1. The predicted molar refractivity (Wildman–Crippen MR) is 111 cm³/mol. The molecule has 1 N–H and O–H groups in total. The molecule has 0 aliphatic rings. The third kappa shape index (κ3) is 5.51. The van der Waals surface area contributed by atoms with Crippen LogP contribution in [0.4, 0.5) is 10.6 Å². The lowest BCUT2D eigenvalue weighted by molar-refractivity contribution is 0.0635. The highest BCUT2D eigenvalue weighted by atomic mass is 16.6. The summed E-state index contributed by atoms with van der Waals surface area (Å²) in [6.07, 6.45) is 1.57. The van der Waals surface area contributed by atoms with Crippen LogP contribution < -0.4 is 10.1 Å². The lowest BCUT2D eigenvalue weighted by atomic mass is 10.1. The van der Waals surface area contributed by atoms with Crippen molar-refractivity contribution in [3.63, 3.8) is 0 Å². The highest BCUT2D eigenvalue weighted by Crippen LogP contribution is 2.29. The number of nitrogens with zero attached hydrogens (tertiary/aromatic N) is 3. The first-order valence-corrected chi connectivity index (χ1v) is 9.26. The minimum absolute atomic E-state index is 0.228. The zero-order chi connectivity index (χ0) is 20.9. The van der Waals surface area contributed by atoms with E-state index in [1.54, 1.807) is 27.0 Å². The Morgan fingerprint density at radius 1 is 1.03 bits per heavy atom. The van der Waals surface area contributed by atoms with Gasteiger partial charge in [0.2, 0.25) is 5.88 Å². The van der Waals surface area contributed by atoms with Crippen LogP contribution in [0.1, 0.15) is 32.0 Å². The first kappa shape index (κ1) is 20.3. The Bertz CT molecular complexity index is 971. The Balaban J connectivity index is 2.03. The zero-order valence-electron chi connectivity index (χ0n) is 17.0. The summed E-state index contributed by atoms with van der Waals surface area (Å²) in [7, 11) is 1.52. The summed E-state index contributed by atoms with van der Waals surface area (Å²) >= 11 is 0. The van der Waals surface area contributed by atoms with Gasteiger partial charge in [-0.05, 0) is 38.5 Å². The molecular formula is C22H24N4O3. The first-order chi connectivity index (χ1) is 13.9. The SMILES string of the molecule is COc1nc(NC(=O)OC(C)(C)C)c(-c2ccccn2)nc1Cc1ccccc1. The molecule has 2 aromatic heterocycles. The fourth-order valence-electron chi connectivity index (χ4n) is 2.69. The molecule has 0 aliphatic carbocycles. The molecule has 0 unspecified atom stereocenters. The molecule has 0 spiro atoms. The van der Waals surface area contributed by atoms with Gasteiger partial charge in [-0.1, -0.05) is 36.4 Å². The van der Waals surface area contributed by atoms with Crippen molar-refractivity contribution in [1.29, 1.82) is 0 Å². The minimum Gasteiger partial charge on any atom is -0.480 e. The highest BCUT2D eigenvalue weighted by molar-refractivity contribution is 5.88. The summed E-state index contributed by atoms with van der Waals surface area (Å²) < 4.78 is 10.8. The molecule has 1 aromatic carbocycles. The smallest absolute Gasteiger partial charge is 0.413 e. The van der Waals surface area contributed by atoms with Crippen LogP contribution in [0.3, 0.4) is 0 Å². The lowest BCUT2D eigenvalue weighted by Crippen LogP contribution is -2.28. The van der Waals surface area contributed by atoms with Crippen molar-refractivity contribution in [2.45, 2.75) is 32.8 Å². The van der Waals surface area contributed by atoms with Crippen LogP contribution in [0.5, 0.6) is 5.88 Å². The maximum atomic E-state index is 12.3. The quantitative estimate of drug-likeness (QED) is 0.689. The van der Waals surface area contributed by atoms with Gasteiger partial charge in [0.25, 0.3) is 0 Å². The van der Waals surface area contributed by atoms with Crippen LogP contribution in [-0.4, -0.2) is 33.8 Å². The van der Waals surface area contributed by atoms with Crippen LogP contribution in [-0.2, 0) is 11.2 Å². The third-order valence-electron chi connectivity index (χ3n) is 3.87. The molecule has 0 saturated heterocycles. The van der Waals surface area contributed by atoms with Gasteiger partial charge in [0, 0.05) is 12.6 Å². The Morgan fingerprint density at radius 3 is 2.38 bits per heavy atom. The number of carbonyl (C=O) groups excluding carboxylic acids is 1. The van der Waals surface area contributed by atoms with Crippen molar-refractivity contribution in [2.75, 3.05) is 12.4 Å². The monoisotopic (exact) mass is 392 g/mol. The van der Waals surface area contributed by atoms with Crippen molar-refractivity contribution in [3.8, 4) is 17.3 Å². The van der Waals surface area contributed by atoms with E-state index >= 15 is 0 Å². The molecule has 3 aromatic rings. The molecule has 7 heteroatoms. The molecule has 29 heavy (non-hydrogen) atoms. The molecule has 0 aliphatic heterocycles. The fourth-order valence-corrected chi connectivity index (χ4v) is 2.69. The zero-order valence-corrected chi connectivity index (χ0v) is 17.0. The second-order valence-corrected chi connectivity index (χ2v) is 7.38. The van der Waals surface area contributed by atoms with Crippen LogP contribution >= 0.6 is 0 Å². The molecular weight excluding hydrogens is 368 g/mol. The Kier molecular flexibility index (Phi) is 6.07. The van der Waals surface area contributed by atoms with E-state index in [1.807, 2.05) is 48.5 Å². The summed E-state index contributed by atoms with van der Waals surface area (Å²) in [5, 5.41) is 2.68. The summed E-state index contributed by atoms with van der Waals surface area (Å²) in [5.41, 5.74) is 2.11. The fraction of sp³-hybridized carbons (Fsp3) is 0.273. The molecule has 0 bridgehead atoms. The number of methoxy groups -OCH3 is 1. The second-order valence-electron chi connectivity index (χ2n) is 7.38. The van der Waals surface area contributed by atoms with E-state index in [0.717, 1.165) is 5.56 Å².